The quantitative estimate of drug-likeness (QED) is 0.807. The molecule has 0 aliphatic heterocycles. The minimum atomic E-state index is -0.684. The van der Waals surface area contributed by atoms with E-state index in [0.29, 0.717) is 0 Å². The highest BCUT2D eigenvalue weighted by molar-refractivity contribution is 5.71. The van der Waals surface area contributed by atoms with Crippen LogP contribution < -0.4 is 0 Å². The maximum atomic E-state index is 11.0. The van der Waals surface area contributed by atoms with Gasteiger partial charge in [0.05, 0.1) is 5.92 Å². The molecule has 2 unspecified atom stereocenters. The maximum Gasteiger partial charge on any atom is 0.306 e. The normalized spacial score (nSPS) is 22.1. The van der Waals surface area contributed by atoms with Gasteiger partial charge in [0.2, 0.25) is 0 Å². The van der Waals surface area contributed by atoms with Gasteiger partial charge in [-0.25, -0.2) is 0 Å². The van der Waals surface area contributed by atoms with Crippen LogP contribution in [0.25, 0.3) is 0 Å². The maximum absolute atomic E-state index is 11.0. The molecule has 2 atom stereocenters. The number of hydrogen-bond donors (Lipinski definition) is 1. The smallest absolute Gasteiger partial charge is 0.306 e. The zero-order chi connectivity index (χ0) is 11.0. The molecule has 0 amide bonds. The summed E-state index contributed by atoms with van der Waals surface area (Å²) in [7, 11) is 2.00. The largest absolute Gasteiger partial charge is 0.481 e. The van der Waals surface area contributed by atoms with Gasteiger partial charge in [-0.15, -0.1) is 0 Å². The molecular formula is C12H17NO2. The fraction of sp³-hybridized carbons (Fsp3) is 0.583. The average molecular weight is 207 g/mol. The van der Waals surface area contributed by atoms with Crippen molar-refractivity contribution in [2.24, 2.45) is 13.0 Å². The Morgan fingerprint density at radius 2 is 2.33 bits per heavy atom. The van der Waals surface area contributed by atoms with Crippen molar-refractivity contribution in [2.45, 2.75) is 32.1 Å². The molecule has 3 nitrogen and oxygen atoms in total. The zero-order valence-electron chi connectivity index (χ0n) is 9.23. The number of carboxylic acids is 1. The van der Waals surface area contributed by atoms with E-state index in [1.807, 2.05) is 18.5 Å². The zero-order valence-corrected chi connectivity index (χ0v) is 9.23. The first-order valence-corrected chi connectivity index (χ1v) is 5.47. The number of rotatable bonds is 2. The van der Waals surface area contributed by atoms with Crippen molar-refractivity contribution in [2.75, 3.05) is 0 Å². The van der Waals surface area contributed by atoms with Gasteiger partial charge in [-0.3, -0.25) is 4.79 Å². The van der Waals surface area contributed by atoms with E-state index in [1.54, 1.807) is 0 Å². The van der Waals surface area contributed by atoms with E-state index >= 15 is 0 Å². The molecule has 0 spiro atoms. The van der Waals surface area contributed by atoms with Crippen LogP contribution in [0.2, 0.25) is 0 Å². The topological polar surface area (TPSA) is 42.2 Å². The van der Waals surface area contributed by atoms with Crippen LogP contribution in [0.4, 0.5) is 0 Å². The molecule has 0 bridgehead atoms. The number of aliphatic carboxylic acids is 1. The first kappa shape index (κ1) is 10.3. The van der Waals surface area contributed by atoms with E-state index in [9.17, 15) is 4.79 Å². The summed E-state index contributed by atoms with van der Waals surface area (Å²) in [5.74, 6) is -0.754. The monoisotopic (exact) mass is 207 g/mol. The molecule has 1 aromatic rings. The van der Waals surface area contributed by atoms with Gasteiger partial charge in [0, 0.05) is 19.4 Å². The first-order valence-electron chi connectivity index (χ1n) is 5.47. The molecule has 0 aromatic carbocycles. The third kappa shape index (κ3) is 1.78. The van der Waals surface area contributed by atoms with Gasteiger partial charge >= 0.3 is 5.97 Å². The number of nitrogens with zero attached hydrogens (tertiary/aromatic N) is 1. The van der Waals surface area contributed by atoms with Crippen LogP contribution in [-0.4, -0.2) is 15.6 Å². The Balaban J connectivity index is 2.33. The molecule has 1 aliphatic rings. The van der Waals surface area contributed by atoms with Crippen molar-refractivity contribution < 1.29 is 9.90 Å². The lowest BCUT2D eigenvalue weighted by molar-refractivity contribution is -0.142. The Bertz CT molecular complexity index is 381. The summed E-state index contributed by atoms with van der Waals surface area (Å²) in [5.41, 5.74) is 2.58. The summed E-state index contributed by atoms with van der Waals surface area (Å²) in [6.07, 6.45) is 7.41. The third-order valence-corrected chi connectivity index (χ3v) is 3.43. The van der Waals surface area contributed by atoms with E-state index in [2.05, 4.69) is 12.4 Å². The lowest BCUT2D eigenvalue weighted by Gasteiger charge is -2.25. The van der Waals surface area contributed by atoms with Gasteiger partial charge in [0.15, 0.2) is 0 Å². The molecule has 0 saturated heterocycles. The number of carbonyl (C=O) groups is 1. The molecule has 0 radical (unpaired) electrons. The van der Waals surface area contributed by atoms with Crippen molar-refractivity contribution in [1.82, 2.24) is 4.57 Å². The second-order valence-electron chi connectivity index (χ2n) is 4.53. The third-order valence-electron chi connectivity index (χ3n) is 3.43. The Kier molecular flexibility index (Phi) is 2.55. The highest BCUT2D eigenvalue weighted by Gasteiger charge is 2.30. The molecule has 0 fully saturated rings. The van der Waals surface area contributed by atoms with Crippen LogP contribution in [0, 0.1) is 5.92 Å². The number of carboxylic acid groups (broad SMARTS) is 1. The molecule has 15 heavy (non-hydrogen) atoms. The van der Waals surface area contributed by atoms with Crippen molar-refractivity contribution in [3.63, 3.8) is 0 Å². The summed E-state index contributed by atoms with van der Waals surface area (Å²) < 4.78 is 2.04. The fourth-order valence-electron chi connectivity index (χ4n) is 2.56. The summed E-state index contributed by atoms with van der Waals surface area (Å²) in [6, 6.07) is 0. The highest BCUT2D eigenvalue weighted by atomic mass is 16.4. The Morgan fingerprint density at radius 1 is 1.60 bits per heavy atom. The van der Waals surface area contributed by atoms with E-state index in [4.69, 9.17) is 5.11 Å². The van der Waals surface area contributed by atoms with Crippen molar-refractivity contribution >= 4 is 5.97 Å². The van der Waals surface area contributed by atoms with Gasteiger partial charge in [-0.1, -0.05) is 6.92 Å². The summed E-state index contributed by atoms with van der Waals surface area (Å²) in [4.78, 5) is 11.0. The van der Waals surface area contributed by atoms with E-state index in [-0.39, 0.29) is 11.8 Å². The lowest BCUT2D eigenvalue weighted by Crippen LogP contribution is -2.22. The van der Waals surface area contributed by atoms with Crippen LogP contribution in [0.15, 0.2) is 12.4 Å². The van der Waals surface area contributed by atoms with Gasteiger partial charge in [0.1, 0.15) is 0 Å². The lowest BCUT2D eigenvalue weighted by atomic mass is 9.78. The molecule has 3 heteroatoms. The molecular weight excluding hydrogens is 190 g/mol. The van der Waals surface area contributed by atoms with Crippen LogP contribution in [-0.2, 0) is 18.3 Å². The first-order chi connectivity index (χ1) is 7.09. The van der Waals surface area contributed by atoms with E-state index in [0.717, 1.165) is 19.3 Å². The van der Waals surface area contributed by atoms with Crippen LogP contribution in [0.5, 0.6) is 0 Å². The molecule has 1 N–H and O–H groups in total. The molecule has 82 valence electrons. The minimum absolute atomic E-state index is 0.201. The number of hydrogen-bond acceptors (Lipinski definition) is 1. The van der Waals surface area contributed by atoms with Gasteiger partial charge in [-0.05, 0) is 36.3 Å². The molecule has 1 aromatic heterocycles. The van der Waals surface area contributed by atoms with Crippen molar-refractivity contribution in [1.29, 1.82) is 0 Å². The van der Waals surface area contributed by atoms with Gasteiger partial charge < -0.3 is 9.67 Å². The molecule has 0 saturated carbocycles. The van der Waals surface area contributed by atoms with E-state index < -0.39 is 5.97 Å². The molecule has 2 rings (SSSR count). The minimum Gasteiger partial charge on any atom is -0.481 e. The fourth-order valence-corrected chi connectivity index (χ4v) is 2.56. The van der Waals surface area contributed by atoms with Gasteiger partial charge in [0.25, 0.3) is 0 Å². The van der Waals surface area contributed by atoms with Gasteiger partial charge in [-0.2, -0.15) is 0 Å². The standard InChI is InChI=1S/C12H17NO2/c1-8(12(14)15)10-5-3-4-9-6-13(2)7-11(9)10/h6-8,10H,3-5H2,1-2H3,(H,14,15). The highest BCUT2D eigenvalue weighted by Crippen LogP contribution is 2.37. The predicted molar refractivity (Wildman–Crippen MR) is 57.9 cm³/mol. The SMILES string of the molecule is CC(C(=O)O)C1CCCc2cn(C)cc21. The molecule has 1 heterocycles. The average Bonchev–Trinajstić information content (AvgIpc) is 2.56. The Morgan fingerprint density at radius 3 is 3.00 bits per heavy atom. The summed E-state index contributed by atoms with van der Waals surface area (Å²) >= 11 is 0. The number of fused-ring (bicyclic) bond motifs is 1. The van der Waals surface area contributed by atoms with Crippen molar-refractivity contribution in [3.05, 3.63) is 23.5 Å². The van der Waals surface area contributed by atoms with Crippen molar-refractivity contribution in [3.8, 4) is 0 Å². The van der Waals surface area contributed by atoms with Crippen LogP contribution in [0.1, 0.15) is 36.8 Å². The summed E-state index contributed by atoms with van der Waals surface area (Å²) in [5, 5.41) is 9.06. The Hall–Kier alpha value is -1.25. The second-order valence-corrected chi connectivity index (χ2v) is 4.53. The second kappa shape index (κ2) is 3.72. The number of aromatic nitrogens is 1. The number of aryl methyl sites for hydroxylation is 2. The summed E-state index contributed by atoms with van der Waals surface area (Å²) in [6.45, 7) is 1.81. The van der Waals surface area contributed by atoms with E-state index in [1.165, 1.54) is 11.1 Å². The van der Waals surface area contributed by atoms with Crippen LogP contribution in [0.3, 0.4) is 0 Å². The predicted octanol–water partition coefficient (Wildman–Crippen LogP) is 2.17. The van der Waals surface area contributed by atoms with Crippen LogP contribution >= 0.6 is 0 Å². The molecule has 1 aliphatic carbocycles. The Labute approximate surface area is 89.7 Å².